The average molecular weight is 375 g/mol. The molecule has 1 unspecified atom stereocenters. The lowest BCUT2D eigenvalue weighted by atomic mass is 9.97. The van der Waals surface area contributed by atoms with Crippen molar-refractivity contribution in [1.82, 2.24) is 20.0 Å². The first-order valence-corrected chi connectivity index (χ1v) is 7.93. The van der Waals surface area contributed by atoms with Gasteiger partial charge in [0.1, 0.15) is 12.4 Å². The Morgan fingerprint density at radius 1 is 1.48 bits per heavy atom. The first kappa shape index (κ1) is 20.8. The van der Waals surface area contributed by atoms with Gasteiger partial charge in [0.05, 0.1) is 10.8 Å². The van der Waals surface area contributed by atoms with Crippen LogP contribution in [-0.2, 0) is 16.1 Å². The lowest BCUT2D eigenvalue weighted by Crippen LogP contribution is -2.46. The second-order valence-electron chi connectivity index (χ2n) is 5.73. The molecule has 0 saturated carbocycles. The minimum Gasteiger partial charge on any atom is -0.355 e. The molecule has 1 atom stereocenters. The summed E-state index contributed by atoms with van der Waals surface area (Å²) in [7, 11) is 0. The van der Waals surface area contributed by atoms with E-state index in [-0.39, 0.29) is 48.8 Å². The topological polar surface area (TPSA) is 136 Å². The van der Waals surface area contributed by atoms with Crippen LogP contribution in [0.5, 0.6) is 0 Å². The zero-order valence-electron chi connectivity index (χ0n) is 13.8. The fourth-order valence-corrected chi connectivity index (χ4v) is 2.69. The summed E-state index contributed by atoms with van der Waals surface area (Å²) in [6.45, 7) is 2.11. The Kier molecular flexibility index (Phi) is 8.29. The smallest absolute Gasteiger partial charge is 0.306 e. The van der Waals surface area contributed by atoms with E-state index in [4.69, 9.17) is 5.73 Å². The summed E-state index contributed by atoms with van der Waals surface area (Å²) in [5.41, 5.74) is 5.27. The molecule has 10 nitrogen and oxygen atoms in total. The highest BCUT2D eigenvalue weighted by molar-refractivity contribution is 5.85. The number of nitrogens with one attached hydrogen (secondary N) is 1. The Morgan fingerprint density at radius 2 is 2.24 bits per heavy atom. The Morgan fingerprint density at radius 3 is 2.88 bits per heavy atom. The average Bonchev–Trinajstić information content (AvgIpc) is 3.07. The Bertz CT molecular complexity index is 608. The lowest BCUT2D eigenvalue weighted by molar-refractivity contribution is -0.385. The maximum absolute atomic E-state index is 12.3. The first-order valence-electron chi connectivity index (χ1n) is 7.93. The summed E-state index contributed by atoms with van der Waals surface area (Å²) < 4.78 is 1.38. The van der Waals surface area contributed by atoms with Crippen LogP contribution in [0.4, 0.5) is 5.69 Å². The van der Waals surface area contributed by atoms with Crippen LogP contribution in [0.15, 0.2) is 12.4 Å². The monoisotopic (exact) mass is 374 g/mol. The maximum Gasteiger partial charge on any atom is 0.306 e. The molecule has 25 heavy (non-hydrogen) atoms. The van der Waals surface area contributed by atoms with Gasteiger partial charge in [-0.25, -0.2) is 0 Å². The number of hydrogen-bond acceptors (Lipinski definition) is 6. The quantitative estimate of drug-likeness (QED) is 0.505. The van der Waals surface area contributed by atoms with E-state index in [0.29, 0.717) is 26.2 Å². The SMILES string of the molecule is Cl.NCCNC(=O)C1CCCN(C(=O)CCn2cc([N+](=O)[O-])cn2)C1. The van der Waals surface area contributed by atoms with Gasteiger partial charge in [-0.2, -0.15) is 5.10 Å². The van der Waals surface area contributed by atoms with Gasteiger partial charge in [-0.05, 0) is 12.8 Å². The second-order valence-corrected chi connectivity index (χ2v) is 5.73. The van der Waals surface area contributed by atoms with Gasteiger partial charge in [0.25, 0.3) is 0 Å². The first-order chi connectivity index (χ1) is 11.5. The van der Waals surface area contributed by atoms with Crippen LogP contribution < -0.4 is 11.1 Å². The molecule has 140 valence electrons. The fourth-order valence-electron chi connectivity index (χ4n) is 2.69. The van der Waals surface area contributed by atoms with E-state index in [2.05, 4.69) is 10.4 Å². The molecule has 1 aliphatic rings. The summed E-state index contributed by atoms with van der Waals surface area (Å²) >= 11 is 0. The summed E-state index contributed by atoms with van der Waals surface area (Å²) in [6.07, 6.45) is 4.18. The van der Waals surface area contributed by atoms with E-state index >= 15 is 0 Å². The van der Waals surface area contributed by atoms with Crippen LogP contribution in [0.2, 0.25) is 0 Å². The predicted molar refractivity (Wildman–Crippen MR) is 92.1 cm³/mol. The molecule has 2 heterocycles. The number of halogens is 1. The fraction of sp³-hybridized carbons (Fsp3) is 0.643. The maximum atomic E-state index is 12.3. The third-order valence-corrected chi connectivity index (χ3v) is 3.97. The largest absolute Gasteiger partial charge is 0.355 e. The van der Waals surface area contributed by atoms with Crippen LogP contribution in [0.1, 0.15) is 19.3 Å². The molecule has 2 rings (SSSR count). The van der Waals surface area contributed by atoms with E-state index in [1.807, 2.05) is 0 Å². The number of amides is 2. The van der Waals surface area contributed by atoms with E-state index in [1.165, 1.54) is 10.9 Å². The van der Waals surface area contributed by atoms with Crippen LogP contribution in [-0.4, -0.2) is 57.6 Å². The number of nitrogens with zero attached hydrogens (tertiary/aromatic N) is 4. The molecule has 1 saturated heterocycles. The third kappa shape index (κ3) is 5.98. The third-order valence-electron chi connectivity index (χ3n) is 3.97. The summed E-state index contributed by atoms with van der Waals surface area (Å²) in [5, 5.41) is 17.2. The van der Waals surface area contributed by atoms with Gasteiger partial charge in [-0.15, -0.1) is 12.4 Å². The number of aryl methyl sites for hydroxylation is 1. The Balaban J connectivity index is 0.00000312. The number of rotatable bonds is 7. The van der Waals surface area contributed by atoms with Gasteiger partial charge in [0.15, 0.2) is 0 Å². The number of piperidine rings is 1. The molecular weight excluding hydrogens is 352 g/mol. The number of nitro groups is 1. The molecular formula is C14H23ClN6O4. The molecule has 2 amide bonds. The highest BCUT2D eigenvalue weighted by Gasteiger charge is 2.28. The van der Waals surface area contributed by atoms with E-state index < -0.39 is 4.92 Å². The molecule has 0 aliphatic carbocycles. The lowest BCUT2D eigenvalue weighted by Gasteiger charge is -2.32. The van der Waals surface area contributed by atoms with Gasteiger partial charge < -0.3 is 16.0 Å². The van der Waals surface area contributed by atoms with E-state index in [1.54, 1.807) is 4.90 Å². The molecule has 1 aliphatic heterocycles. The molecule has 1 aromatic rings. The van der Waals surface area contributed by atoms with Crippen LogP contribution in [0.25, 0.3) is 0 Å². The molecule has 1 fully saturated rings. The van der Waals surface area contributed by atoms with Crippen molar-refractivity contribution in [3.63, 3.8) is 0 Å². The number of carbonyl (C=O) groups excluding carboxylic acids is 2. The van der Waals surface area contributed by atoms with Crippen molar-refractivity contribution in [2.45, 2.75) is 25.8 Å². The van der Waals surface area contributed by atoms with E-state index in [0.717, 1.165) is 19.0 Å². The van der Waals surface area contributed by atoms with Crippen molar-refractivity contribution in [3.8, 4) is 0 Å². The molecule has 0 radical (unpaired) electrons. The Labute approximate surface area is 151 Å². The van der Waals surface area contributed by atoms with Crippen molar-refractivity contribution in [1.29, 1.82) is 0 Å². The molecule has 0 aromatic carbocycles. The van der Waals surface area contributed by atoms with E-state index in [9.17, 15) is 19.7 Å². The predicted octanol–water partition coefficient (Wildman–Crippen LogP) is -0.0833. The molecule has 11 heteroatoms. The van der Waals surface area contributed by atoms with Crippen molar-refractivity contribution in [3.05, 3.63) is 22.5 Å². The van der Waals surface area contributed by atoms with Crippen molar-refractivity contribution in [2.75, 3.05) is 26.2 Å². The van der Waals surface area contributed by atoms with Crippen molar-refractivity contribution in [2.24, 2.45) is 11.7 Å². The minimum absolute atomic E-state index is 0. The van der Waals surface area contributed by atoms with Crippen LogP contribution in [0, 0.1) is 16.0 Å². The standard InChI is InChI=1S/C14H22N6O4.ClH/c15-4-5-16-14(22)11-2-1-6-18(9-11)13(21)3-7-19-10-12(8-17-19)20(23)24;/h8,10-11H,1-7,9,15H2,(H,16,22);1H. The van der Waals surface area contributed by atoms with Crippen LogP contribution >= 0.6 is 12.4 Å². The highest BCUT2D eigenvalue weighted by atomic mass is 35.5. The van der Waals surface area contributed by atoms with Gasteiger partial charge in [-0.3, -0.25) is 24.4 Å². The van der Waals surface area contributed by atoms with Crippen molar-refractivity contribution >= 4 is 29.9 Å². The normalized spacial score (nSPS) is 16.8. The molecule has 3 N–H and O–H groups in total. The van der Waals surface area contributed by atoms with Gasteiger partial charge >= 0.3 is 5.69 Å². The molecule has 0 spiro atoms. The van der Waals surface area contributed by atoms with Gasteiger partial charge in [-0.1, -0.05) is 0 Å². The number of hydrogen-bond donors (Lipinski definition) is 2. The Hall–Kier alpha value is -2.20. The highest BCUT2D eigenvalue weighted by Crippen LogP contribution is 2.17. The molecule has 1 aromatic heterocycles. The van der Waals surface area contributed by atoms with Gasteiger partial charge in [0, 0.05) is 39.1 Å². The van der Waals surface area contributed by atoms with Crippen molar-refractivity contribution < 1.29 is 14.5 Å². The summed E-state index contributed by atoms with van der Waals surface area (Å²) in [4.78, 5) is 36.0. The second kappa shape index (κ2) is 9.94. The number of likely N-dealkylation sites (tertiary alicyclic amines) is 1. The number of nitrogens with two attached hydrogens (primary N) is 1. The zero-order chi connectivity index (χ0) is 17.5. The number of aromatic nitrogens is 2. The minimum atomic E-state index is -0.527. The zero-order valence-corrected chi connectivity index (χ0v) is 14.6. The van der Waals surface area contributed by atoms with Gasteiger partial charge in [0.2, 0.25) is 11.8 Å². The molecule has 0 bridgehead atoms. The van der Waals surface area contributed by atoms with Crippen LogP contribution in [0.3, 0.4) is 0 Å². The summed E-state index contributed by atoms with van der Waals surface area (Å²) in [6, 6.07) is 0. The summed E-state index contributed by atoms with van der Waals surface area (Å²) in [5.74, 6) is -0.356. The number of carbonyl (C=O) groups is 2.